The summed E-state index contributed by atoms with van der Waals surface area (Å²) in [6.07, 6.45) is 3.95. The largest absolute Gasteiger partial charge is 0.494 e. The smallest absolute Gasteiger partial charge is 0.269 e. The highest BCUT2D eigenvalue weighted by Crippen LogP contribution is 2.14. The van der Waals surface area contributed by atoms with E-state index in [0.29, 0.717) is 25.1 Å². The predicted molar refractivity (Wildman–Crippen MR) is 101 cm³/mol. The van der Waals surface area contributed by atoms with E-state index in [2.05, 4.69) is 12.2 Å². The molecule has 0 atom stereocenters. The minimum Gasteiger partial charge on any atom is -0.494 e. The van der Waals surface area contributed by atoms with Gasteiger partial charge in [0.15, 0.2) is 0 Å². The zero-order valence-electron chi connectivity index (χ0n) is 14.9. The second-order valence-electron chi connectivity index (χ2n) is 6.01. The van der Waals surface area contributed by atoms with E-state index in [1.165, 1.54) is 12.1 Å². The van der Waals surface area contributed by atoms with Crippen molar-refractivity contribution in [2.24, 2.45) is 0 Å². The number of hydrogen-bond donors (Lipinski definition) is 1. The summed E-state index contributed by atoms with van der Waals surface area (Å²) >= 11 is 0. The monoisotopic (exact) mass is 356 g/mol. The second-order valence-corrected chi connectivity index (χ2v) is 6.01. The van der Waals surface area contributed by atoms with Crippen molar-refractivity contribution in [3.05, 3.63) is 69.8 Å². The van der Waals surface area contributed by atoms with Crippen molar-refractivity contribution < 1.29 is 14.5 Å². The van der Waals surface area contributed by atoms with E-state index in [4.69, 9.17) is 4.74 Å². The van der Waals surface area contributed by atoms with Gasteiger partial charge in [0.1, 0.15) is 5.75 Å². The van der Waals surface area contributed by atoms with Gasteiger partial charge in [-0.25, -0.2) is 0 Å². The van der Waals surface area contributed by atoms with Crippen molar-refractivity contribution in [3.63, 3.8) is 0 Å². The number of nitrogens with one attached hydrogen (secondary N) is 1. The minimum atomic E-state index is -0.428. The van der Waals surface area contributed by atoms with Crippen molar-refractivity contribution in [1.82, 2.24) is 5.32 Å². The Morgan fingerprint density at radius 3 is 2.38 bits per heavy atom. The quantitative estimate of drug-likeness (QED) is 0.394. The van der Waals surface area contributed by atoms with E-state index in [1.807, 2.05) is 0 Å². The molecule has 2 aromatic carbocycles. The lowest BCUT2D eigenvalue weighted by Crippen LogP contribution is -2.25. The van der Waals surface area contributed by atoms with Gasteiger partial charge in [0.25, 0.3) is 11.6 Å². The second kappa shape index (κ2) is 10.2. The molecule has 0 unspecified atom stereocenters. The molecule has 26 heavy (non-hydrogen) atoms. The maximum absolute atomic E-state index is 12.1. The maximum atomic E-state index is 12.1. The summed E-state index contributed by atoms with van der Waals surface area (Å²) in [5.74, 6) is 0.618. The van der Waals surface area contributed by atoms with Crippen LogP contribution in [0.25, 0.3) is 0 Å². The third kappa shape index (κ3) is 6.20. The molecule has 6 nitrogen and oxygen atoms in total. The van der Waals surface area contributed by atoms with Crippen LogP contribution < -0.4 is 10.1 Å². The third-order valence-electron chi connectivity index (χ3n) is 3.98. The van der Waals surface area contributed by atoms with E-state index in [9.17, 15) is 14.9 Å². The molecule has 0 saturated heterocycles. The van der Waals surface area contributed by atoms with Crippen molar-refractivity contribution in [2.45, 2.75) is 32.6 Å². The normalized spacial score (nSPS) is 10.3. The fourth-order valence-corrected chi connectivity index (χ4v) is 2.45. The Bertz CT molecular complexity index is 712. The lowest BCUT2D eigenvalue weighted by atomic mass is 10.1. The number of rotatable bonds is 10. The van der Waals surface area contributed by atoms with E-state index in [1.54, 1.807) is 36.4 Å². The number of ether oxygens (including phenoxy) is 1. The Hall–Kier alpha value is -2.89. The zero-order valence-corrected chi connectivity index (χ0v) is 14.9. The molecule has 6 heteroatoms. The first-order valence-corrected chi connectivity index (χ1v) is 8.84. The molecule has 2 rings (SSSR count). The van der Waals surface area contributed by atoms with Gasteiger partial charge >= 0.3 is 0 Å². The third-order valence-corrected chi connectivity index (χ3v) is 3.98. The number of unbranched alkanes of at least 4 members (excludes halogenated alkanes) is 2. The summed E-state index contributed by atoms with van der Waals surface area (Å²) in [5, 5.41) is 13.5. The average molecular weight is 356 g/mol. The maximum Gasteiger partial charge on any atom is 0.269 e. The van der Waals surface area contributed by atoms with E-state index in [-0.39, 0.29) is 11.6 Å². The summed E-state index contributed by atoms with van der Waals surface area (Å²) in [7, 11) is 0. The number of nitro benzene ring substituents is 1. The highest BCUT2D eigenvalue weighted by molar-refractivity contribution is 5.94. The van der Waals surface area contributed by atoms with Crippen LogP contribution in [0.15, 0.2) is 48.5 Å². The molecule has 0 aromatic heterocycles. The number of benzene rings is 2. The topological polar surface area (TPSA) is 81.5 Å². The Morgan fingerprint density at radius 1 is 1.08 bits per heavy atom. The lowest BCUT2D eigenvalue weighted by molar-refractivity contribution is -0.384. The molecular formula is C20H24N2O4. The van der Waals surface area contributed by atoms with Crippen LogP contribution in [0, 0.1) is 10.1 Å². The van der Waals surface area contributed by atoms with Gasteiger partial charge in [-0.05, 0) is 42.7 Å². The van der Waals surface area contributed by atoms with Crippen LogP contribution >= 0.6 is 0 Å². The van der Waals surface area contributed by atoms with Crippen LogP contribution in [0.3, 0.4) is 0 Å². The Kier molecular flexibility index (Phi) is 7.61. The molecular weight excluding hydrogens is 332 g/mol. The number of nitrogens with zero attached hydrogens (tertiary/aromatic N) is 1. The van der Waals surface area contributed by atoms with Gasteiger partial charge in [-0.15, -0.1) is 0 Å². The summed E-state index contributed by atoms with van der Waals surface area (Å²) < 4.78 is 5.63. The summed E-state index contributed by atoms with van der Waals surface area (Å²) in [5.41, 5.74) is 1.58. The van der Waals surface area contributed by atoms with Gasteiger partial charge < -0.3 is 10.1 Å². The first kappa shape index (κ1) is 19.4. The summed E-state index contributed by atoms with van der Waals surface area (Å²) in [6.45, 7) is 3.30. The summed E-state index contributed by atoms with van der Waals surface area (Å²) in [6, 6.07) is 13.4. The Morgan fingerprint density at radius 2 is 1.77 bits per heavy atom. The molecule has 0 fully saturated rings. The van der Waals surface area contributed by atoms with Crippen molar-refractivity contribution >= 4 is 11.6 Å². The van der Waals surface area contributed by atoms with Gasteiger partial charge in [0, 0.05) is 24.2 Å². The predicted octanol–water partition coefficient (Wildman–Crippen LogP) is 4.14. The van der Waals surface area contributed by atoms with Crippen molar-refractivity contribution in [2.75, 3.05) is 13.2 Å². The molecule has 0 aliphatic carbocycles. The van der Waals surface area contributed by atoms with Gasteiger partial charge in [-0.3, -0.25) is 14.9 Å². The number of amides is 1. The molecule has 0 aliphatic heterocycles. The first-order valence-electron chi connectivity index (χ1n) is 8.84. The molecule has 0 aliphatic rings. The number of hydrogen-bond acceptors (Lipinski definition) is 4. The van der Waals surface area contributed by atoms with E-state index >= 15 is 0 Å². The average Bonchev–Trinajstić information content (AvgIpc) is 2.66. The fourth-order valence-electron chi connectivity index (χ4n) is 2.45. The molecule has 138 valence electrons. The molecule has 0 bridgehead atoms. The van der Waals surface area contributed by atoms with Crippen LogP contribution in [-0.4, -0.2) is 24.0 Å². The SMILES string of the molecule is CCCCCOc1ccc(C(=O)NCCc2ccc([N+](=O)[O-])cc2)cc1. The van der Waals surface area contributed by atoms with E-state index in [0.717, 1.165) is 30.6 Å². The molecule has 2 aromatic rings. The van der Waals surface area contributed by atoms with Gasteiger partial charge in [-0.2, -0.15) is 0 Å². The molecule has 0 spiro atoms. The molecule has 1 amide bonds. The molecule has 0 saturated carbocycles. The number of carbonyl (C=O) groups is 1. The van der Waals surface area contributed by atoms with Crippen molar-refractivity contribution in [1.29, 1.82) is 0 Å². The number of carbonyl (C=O) groups excluding carboxylic acids is 1. The number of nitro groups is 1. The molecule has 0 radical (unpaired) electrons. The fraction of sp³-hybridized carbons (Fsp3) is 0.350. The van der Waals surface area contributed by atoms with Crippen LogP contribution in [0.1, 0.15) is 42.1 Å². The molecule has 0 heterocycles. The number of non-ortho nitro benzene ring substituents is 1. The molecule has 1 N–H and O–H groups in total. The van der Waals surface area contributed by atoms with Gasteiger partial charge in [0.2, 0.25) is 0 Å². The van der Waals surface area contributed by atoms with Crippen LogP contribution in [0.2, 0.25) is 0 Å². The minimum absolute atomic E-state index is 0.0646. The highest BCUT2D eigenvalue weighted by Gasteiger charge is 2.07. The van der Waals surface area contributed by atoms with Gasteiger partial charge in [-0.1, -0.05) is 31.9 Å². The Balaban J connectivity index is 1.75. The van der Waals surface area contributed by atoms with E-state index < -0.39 is 4.92 Å². The summed E-state index contributed by atoms with van der Waals surface area (Å²) in [4.78, 5) is 22.3. The zero-order chi connectivity index (χ0) is 18.8. The highest BCUT2D eigenvalue weighted by atomic mass is 16.6. The van der Waals surface area contributed by atoms with Gasteiger partial charge in [0.05, 0.1) is 11.5 Å². The lowest BCUT2D eigenvalue weighted by Gasteiger charge is -2.08. The standard InChI is InChI=1S/C20H24N2O4/c1-2-3-4-15-26-19-11-7-17(8-12-19)20(23)21-14-13-16-5-9-18(10-6-16)22(24)25/h5-12H,2-4,13-15H2,1H3,(H,21,23). The first-order chi connectivity index (χ1) is 12.6. The van der Waals surface area contributed by atoms with Crippen LogP contribution in [0.5, 0.6) is 5.75 Å². The van der Waals surface area contributed by atoms with Crippen molar-refractivity contribution in [3.8, 4) is 5.75 Å². The van der Waals surface area contributed by atoms with Crippen LogP contribution in [0.4, 0.5) is 5.69 Å². The Labute approximate surface area is 153 Å². The van der Waals surface area contributed by atoms with Crippen LogP contribution in [-0.2, 0) is 6.42 Å².